The predicted octanol–water partition coefficient (Wildman–Crippen LogP) is 2.99. The number of halogens is 2. The Morgan fingerprint density at radius 3 is 2.81 bits per heavy atom. The van der Waals surface area contributed by atoms with Gasteiger partial charge in [0.1, 0.15) is 10.0 Å². The second kappa shape index (κ2) is 6.39. The molecule has 1 aromatic carbocycles. The summed E-state index contributed by atoms with van der Waals surface area (Å²) in [5.41, 5.74) is 0. The summed E-state index contributed by atoms with van der Waals surface area (Å²) in [4.78, 5) is 7.98. The summed E-state index contributed by atoms with van der Waals surface area (Å²) in [5.74, 6) is -0.0867. The van der Waals surface area contributed by atoms with Crippen LogP contribution in [0.5, 0.6) is 5.88 Å². The molecule has 0 fully saturated rings. The molecular formula is C11H9BrClN3O3S2. The quantitative estimate of drug-likeness (QED) is 0.757. The maximum absolute atomic E-state index is 12.4. The van der Waals surface area contributed by atoms with Gasteiger partial charge in [-0.05, 0) is 18.2 Å². The molecule has 1 heterocycles. The molecule has 0 saturated heterocycles. The van der Waals surface area contributed by atoms with Crippen molar-refractivity contribution in [2.45, 2.75) is 9.79 Å². The molecule has 2 aromatic rings. The number of aromatic nitrogens is 2. The second-order valence-corrected chi connectivity index (χ2v) is 7.20. The number of sulfonamides is 1. The molecular weight excluding hydrogens is 402 g/mol. The summed E-state index contributed by atoms with van der Waals surface area (Å²) in [5, 5.41) is 0.0360. The van der Waals surface area contributed by atoms with Crippen LogP contribution in [0.15, 0.2) is 38.7 Å². The zero-order valence-corrected chi connectivity index (χ0v) is 14.6. The minimum atomic E-state index is -3.91. The Morgan fingerprint density at radius 1 is 1.43 bits per heavy atom. The van der Waals surface area contributed by atoms with E-state index in [-0.39, 0.29) is 21.7 Å². The van der Waals surface area contributed by atoms with Crippen LogP contribution in [0.1, 0.15) is 0 Å². The van der Waals surface area contributed by atoms with Crippen LogP contribution >= 0.6 is 40.2 Å². The maximum atomic E-state index is 12.4. The Labute approximate surface area is 140 Å². The van der Waals surface area contributed by atoms with Crippen LogP contribution in [0.3, 0.4) is 0 Å². The van der Waals surface area contributed by atoms with E-state index in [1.165, 1.54) is 19.4 Å². The third-order valence-corrected chi connectivity index (χ3v) is 4.94. The van der Waals surface area contributed by atoms with Crippen molar-refractivity contribution in [2.24, 2.45) is 0 Å². The van der Waals surface area contributed by atoms with E-state index < -0.39 is 10.0 Å². The first-order valence-electron chi connectivity index (χ1n) is 5.41. The summed E-state index contributed by atoms with van der Waals surface area (Å²) in [6.07, 6.45) is 1.25. The third kappa shape index (κ3) is 3.79. The number of hydrogen-bond donors (Lipinski definition) is 2. The van der Waals surface area contributed by atoms with Gasteiger partial charge in [-0.1, -0.05) is 27.5 Å². The van der Waals surface area contributed by atoms with E-state index in [0.717, 1.165) is 0 Å². The molecule has 2 rings (SSSR count). The van der Waals surface area contributed by atoms with Crippen LogP contribution in [0.4, 0.5) is 5.82 Å². The van der Waals surface area contributed by atoms with Gasteiger partial charge in [-0.15, -0.1) is 12.6 Å². The zero-order chi connectivity index (χ0) is 15.6. The highest BCUT2D eigenvalue weighted by atomic mass is 79.9. The average Bonchev–Trinajstić information content (AvgIpc) is 2.41. The highest BCUT2D eigenvalue weighted by molar-refractivity contribution is 9.10. The lowest BCUT2D eigenvalue weighted by Crippen LogP contribution is -2.16. The molecule has 0 spiro atoms. The van der Waals surface area contributed by atoms with Crippen LogP contribution in [-0.2, 0) is 10.0 Å². The Hall–Kier alpha value is -1.03. The van der Waals surface area contributed by atoms with Gasteiger partial charge in [0.25, 0.3) is 15.9 Å². The van der Waals surface area contributed by atoms with Crippen molar-refractivity contribution in [3.8, 4) is 5.88 Å². The Kier molecular flexibility index (Phi) is 4.97. The SMILES string of the molecule is COc1ncc(Cl)nc1NS(=O)(=O)c1cc(Br)ccc1S. The summed E-state index contributed by atoms with van der Waals surface area (Å²) in [6, 6.07) is 4.67. The number of hydrogen-bond acceptors (Lipinski definition) is 6. The molecule has 6 nitrogen and oxygen atoms in total. The molecule has 0 aliphatic carbocycles. The minimum absolute atomic E-state index is 0.0102. The van der Waals surface area contributed by atoms with Crippen molar-refractivity contribution in [3.63, 3.8) is 0 Å². The Bertz CT molecular complexity index is 786. The largest absolute Gasteiger partial charge is 0.478 e. The summed E-state index contributed by atoms with van der Waals surface area (Å²) in [7, 11) is -2.57. The smallest absolute Gasteiger partial charge is 0.264 e. The van der Waals surface area contributed by atoms with Crippen molar-refractivity contribution < 1.29 is 13.2 Å². The third-order valence-electron chi connectivity index (χ3n) is 2.35. The number of benzene rings is 1. The second-order valence-electron chi connectivity index (χ2n) is 3.77. The number of ether oxygens (including phenoxy) is 1. The zero-order valence-electron chi connectivity index (χ0n) is 10.5. The van der Waals surface area contributed by atoms with Crippen LogP contribution in [0.2, 0.25) is 5.15 Å². The molecule has 0 atom stereocenters. The van der Waals surface area contributed by atoms with Gasteiger partial charge >= 0.3 is 0 Å². The van der Waals surface area contributed by atoms with Gasteiger partial charge in [-0.2, -0.15) is 0 Å². The van der Waals surface area contributed by atoms with E-state index in [1.54, 1.807) is 12.1 Å². The van der Waals surface area contributed by atoms with Crippen molar-refractivity contribution in [1.82, 2.24) is 9.97 Å². The van der Waals surface area contributed by atoms with Crippen molar-refractivity contribution >= 4 is 56.0 Å². The number of anilines is 1. The van der Waals surface area contributed by atoms with Gasteiger partial charge in [-0.3, -0.25) is 4.72 Å². The van der Waals surface area contributed by atoms with Gasteiger partial charge in [0.2, 0.25) is 5.82 Å². The van der Waals surface area contributed by atoms with Crippen molar-refractivity contribution in [1.29, 1.82) is 0 Å². The fraction of sp³-hybridized carbons (Fsp3) is 0.0909. The van der Waals surface area contributed by atoms with Crippen molar-refractivity contribution in [3.05, 3.63) is 34.0 Å². The lowest BCUT2D eigenvalue weighted by Gasteiger charge is -2.11. The maximum Gasteiger partial charge on any atom is 0.264 e. The summed E-state index contributed by atoms with van der Waals surface area (Å²) in [6.45, 7) is 0. The molecule has 21 heavy (non-hydrogen) atoms. The van der Waals surface area contributed by atoms with Crippen LogP contribution in [0, 0.1) is 0 Å². The average molecular weight is 411 g/mol. The monoisotopic (exact) mass is 409 g/mol. The minimum Gasteiger partial charge on any atom is -0.478 e. The lowest BCUT2D eigenvalue weighted by atomic mass is 10.4. The normalized spacial score (nSPS) is 11.2. The van der Waals surface area contributed by atoms with Crippen LogP contribution < -0.4 is 9.46 Å². The molecule has 0 radical (unpaired) electrons. The van der Waals surface area contributed by atoms with Gasteiger partial charge in [-0.25, -0.2) is 18.4 Å². The Morgan fingerprint density at radius 2 is 2.14 bits per heavy atom. The van der Waals surface area contributed by atoms with E-state index in [2.05, 4.69) is 43.2 Å². The molecule has 1 N–H and O–H groups in total. The lowest BCUT2D eigenvalue weighted by molar-refractivity contribution is 0.398. The molecule has 0 unspecified atom stereocenters. The fourth-order valence-electron chi connectivity index (χ4n) is 1.46. The summed E-state index contributed by atoms with van der Waals surface area (Å²) < 4.78 is 32.6. The highest BCUT2D eigenvalue weighted by Gasteiger charge is 2.21. The van der Waals surface area contributed by atoms with Gasteiger partial charge in [0.15, 0.2) is 0 Å². The molecule has 0 aliphatic heterocycles. The van der Waals surface area contributed by atoms with Crippen LogP contribution in [-0.4, -0.2) is 25.5 Å². The van der Waals surface area contributed by atoms with E-state index in [9.17, 15) is 8.42 Å². The van der Waals surface area contributed by atoms with E-state index >= 15 is 0 Å². The molecule has 1 aromatic heterocycles. The number of methoxy groups -OCH3 is 1. The molecule has 0 amide bonds. The summed E-state index contributed by atoms with van der Waals surface area (Å²) >= 11 is 13.1. The first-order chi connectivity index (χ1) is 9.83. The van der Waals surface area contributed by atoms with E-state index in [0.29, 0.717) is 9.37 Å². The first kappa shape index (κ1) is 16.3. The van der Waals surface area contributed by atoms with Crippen LogP contribution in [0.25, 0.3) is 0 Å². The first-order valence-corrected chi connectivity index (χ1v) is 8.51. The molecule has 0 aliphatic rings. The molecule has 0 bridgehead atoms. The van der Waals surface area contributed by atoms with Crippen molar-refractivity contribution in [2.75, 3.05) is 11.8 Å². The molecule has 0 saturated carbocycles. The highest BCUT2D eigenvalue weighted by Crippen LogP contribution is 2.28. The van der Waals surface area contributed by atoms with Gasteiger partial charge in [0, 0.05) is 9.37 Å². The topological polar surface area (TPSA) is 81.2 Å². The molecule has 10 heteroatoms. The van der Waals surface area contributed by atoms with Gasteiger partial charge < -0.3 is 4.74 Å². The Balaban J connectivity index is 2.47. The predicted molar refractivity (Wildman–Crippen MR) is 85.8 cm³/mol. The van der Waals surface area contributed by atoms with E-state index in [4.69, 9.17) is 16.3 Å². The van der Waals surface area contributed by atoms with E-state index in [1.807, 2.05) is 0 Å². The fourth-order valence-corrected chi connectivity index (χ4v) is 3.73. The number of nitrogens with zero attached hydrogens (tertiary/aromatic N) is 2. The number of nitrogens with one attached hydrogen (secondary N) is 1. The standard InChI is InChI=1S/C11H9BrClN3O3S2/c1-19-11-10(15-9(13)5-14-11)16-21(17,18)8-4-6(12)2-3-7(8)20/h2-5,20H,1H3,(H,15,16). The number of thiol groups is 1. The number of rotatable bonds is 4. The van der Waals surface area contributed by atoms with Gasteiger partial charge in [0.05, 0.1) is 13.3 Å². The molecule has 112 valence electrons.